The highest BCUT2D eigenvalue weighted by Gasteiger charge is 2.52. The molecular formula is C23H32BrFN2O5. The van der Waals surface area contributed by atoms with Crippen molar-refractivity contribution < 1.29 is 28.2 Å². The van der Waals surface area contributed by atoms with E-state index in [1.54, 1.807) is 11.8 Å². The number of ether oxygens (including phenoxy) is 3. The summed E-state index contributed by atoms with van der Waals surface area (Å²) in [7, 11) is 0. The first-order valence-electron chi connectivity index (χ1n) is 11.0. The van der Waals surface area contributed by atoms with E-state index in [1.807, 2.05) is 20.8 Å². The maximum absolute atomic E-state index is 14.2. The molecule has 178 valence electrons. The van der Waals surface area contributed by atoms with Gasteiger partial charge in [-0.05, 0) is 68.6 Å². The van der Waals surface area contributed by atoms with Crippen molar-refractivity contribution in [2.24, 2.45) is 5.41 Å². The fourth-order valence-corrected chi connectivity index (χ4v) is 4.19. The summed E-state index contributed by atoms with van der Waals surface area (Å²) in [5, 5.41) is 0. The average molecular weight is 515 g/mol. The molecule has 2 aliphatic rings. The number of piperazine rings is 1. The van der Waals surface area contributed by atoms with Crippen LogP contribution in [-0.4, -0.2) is 66.9 Å². The van der Waals surface area contributed by atoms with Crippen molar-refractivity contribution >= 4 is 28.0 Å². The number of carbonyl (C=O) groups is 2. The molecule has 1 heterocycles. The SMILES string of the molecule is CCOC(=O)C1(COc2c(Br)cc(F)cc2CN2CCN(C(=O)OC(C)(C)C)CC2)CC1. The first-order valence-corrected chi connectivity index (χ1v) is 11.8. The molecular weight excluding hydrogens is 483 g/mol. The highest BCUT2D eigenvalue weighted by atomic mass is 79.9. The third kappa shape index (κ3) is 6.34. The lowest BCUT2D eigenvalue weighted by atomic mass is 10.1. The van der Waals surface area contributed by atoms with Crippen LogP contribution in [-0.2, 0) is 20.8 Å². The summed E-state index contributed by atoms with van der Waals surface area (Å²) in [5.74, 6) is -0.0623. The molecule has 2 fully saturated rings. The summed E-state index contributed by atoms with van der Waals surface area (Å²) in [4.78, 5) is 28.4. The number of esters is 1. The molecule has 3 rings (SSSR count). The Hall–Kier alpha value is -1.87. The molecule has 0 N–H and O–H groups in total. The van der Waals surface area contributed by atoms with Crippen LogP contribution in [0, 0.1) is 11.2 Å². The quantitative estimate of drug-likeness (QED) is 0.503. The third-order valence-electron chi connectivity index (χ3n) is 5.56. The number of benzene rings is 1. The minimum Gasteiger partial charge on any atom is -0.491 e. The van der Waals surface area contributed by atoms with Crippen molar-refractivity contribution in [2.45, 2.75) is 52.7 Å². The van der Waals surface area contributed by atoms with E-state index in [0.717, 1.165) is 12.8 Å². The summed E-state index contributed by atoms with van der Waals surface area (Å²) >= 11 is 3.41. The maximum atomic E-state index is 14.2. The summed E-state index contributed by atoms with van der Waals surface area (Å²) in [5.41, 5.74) is -0.432. The van der Waals surface area contributed by atoms with Gasteiger partial charge in [0.05, 0.1) is 11.1 Å². The Labute approximate surface area is 197 Å². The van der Waals surface area contributed by atoms with Crippen LogP contribution in [0.3, 0.4) is 0 Å². The number of carbonyl (C=O) groups excluding carboxylic acids is 2. The zero-order chi connectivity index (χ0) is 23.5. The molecule has 1 saturated heterocycles. The second kappa shape index (κ2) is 9.95. The van der Waals surface area contributed by atoms with Gasteiger partial charge >= 0.3 is 12.1 Å². The second-order valence-corrected chi connectivity index (χ2v) is 10.3. The van der Waals surface area contributed by atoms with Gasteiger partial charge in [0.15, 0.2) is 0 Å². The number of halogens is 2. The third-order valence-corrected chi connectivity index (χ3v) is 6.15. The molecule has 1 saturated carbocycles. The van der Waals surface area contributed by atoms with Crippen LogP contribution in [0.25, 0.3) is 0 Å². The van der Waals surface area contributed by atoms with Crippen molar-refractivity contribution in [1.29, 1.82) is 0 Å². The predicted molar refractivity (Wildman–Crippen MR) is 121 cm³/mol. The number of hydrogen-bond acceptors (Lipinski definition) is 6. The fourth-order valence-electron chi connectivity index (χ4n) is 3.60. The molecule has 0 radical (unpaired) electrons. The molecule has 9 heteroatoms. The standard InChI is InChI=1S/C23H32BrFN2O5/c1-5-30-20(28)23(6-7-23)15-31-19-16(12-17(25)13-18(19)24)14-26-8-10-27(11-9-26)21(29)32-22(2,3)4/h12-13H,5-11,14-15H2,1-4H3. The van der Waals surface area contributed by atoms with E-state index >= 15 is 0 Å². The largest absolute Gasteiger partial charge is 0.491 e. The Morgan fingerprint density at radius 1 is 1.16 bits per heavy atom. The Kier molecular flexibility index (Phi) is 7.70. The lowest BCUT2D eigenvalue weighted by molar-refractivity contribution is -0.150. The van der Waals surface area contributed by atoms with Gasteiger partial charge in [0.2, 0.25) is 0 Å². The normalized spacial score (nSPS) is 18.2. The molecule has 0 aromatic heterocycles. The Morgan fingerprint density at radius 3 is 2.38 bits per heavy atom. The van der Waals surface area contributed by atoms with Gasteiger partial charge in [-0.1, -0.05) is 0 Å². The Bertz CT molecular complexity index is 846. The zero-order valence-electron chi connectivity index (χ0n) is 19.2. The monoisotopic (exact) mass is 514 g/mol. The van der Waals surface area contributed by atoms with Gasteiger partial charge < -0.3 is 19.1 Å². The topological polar surface area (TPSA) is 68.3 Å². The number of hydrogen-bond donors (Lipinski definition) is 0. The highest BCUT2D eigenvalue weighted by Crippen LogP contribution is 2.47. The van der Waals surface area contributed by atoms with Crippen molar-refractivity contribution in [2.75, 3.05) is 39.4 Å². The van der Waals surface area contributed by atoms with Crippen molar-refractivity contribution in [3.8, 4) is 5.75 Å². The molecule has 0 bridgehead atoms. The molecule has 1 amide bonds. The zero-order valence-corrected chi connectivity index (χ0v) is 20.8. The van der Waals surface area contributed by atoms with E-state index in [1.165, 1.54) is 12.1 Å². The number of nitrogens with zero attached hydrogens (tertiary/aromatic N) is 2. The van der Waals surface area contributed by atoms with Gasteiger partial charge in [0.1, 0.15) is 29.2 Å². The summed E-state index contributed by atoms with van der Waals surface area (Å²) in [6, 6.07) is 2.83. The van der Waals surface area contributed by atoms with E-state index in [2.05, 4.69) is 20.8 Å². The van der Waals surface area contributed by atoms with E-state index in [-0.39, 0.29) is 24.5 Å². The predicted octanol–water partition coefficient (Wildman–Crippen LogP) is 4.36. The van der Waals surface area contributed by atoms with Crippen LogP contribution in [0.4, 0.5) is 9.18 Å². The average Bonchev–Trinajstić information content (AvgIpc) is 3.48. The molecule has 0 unspecified atom stereocenters. The highest BCUT2D eigenvalue weighted by molar-refractivity contribution is 9.10. The summed E-state index contributed by atoms with van der Waals surface area (Å²) in [6.07, 6.45) is 1.14. The molecule has 32 heavy (non-hydrogen) atoms. The second-order valence-electron chi connectivity index (χ2n) is 9.41. The molecule has 1 aliphatic carbocycles. The van der Waals surface area contributed by atoms with Crippen LogP contribution in [0.15, 0.2) is 16.6 Å². The van der Waals surface area contributed by atoms with E-state index in [4.69, 9.17) is 14.2 Å². The maximum Gasteiger partial charge on any atom is 0.410 e. The first kappa shape index (κ1) is 24.8. The minimum absolute atomic E-state index is 0.204. The van der Waals surface area contributed by atoms with Crippen molar-refractivity contribution in [3.63, 3.8) is 0 Å². The lowest BCUT2D eigenvalue weighted by Gasteiger charge is -2.35. The van der Waals surface area contributed by atoms with Gasteiger partial charge in [0.25, 0.3) is 0 Å². The molecule has 7 nitrogen and oxygen atoms in total. The first-order chi connectivity index (χ1) is 15.0. The minimum atomic E-state index is -0.597. The Morgan fingerprint density at radius 2 is 1.81 bits per heavy atom. The summed E-state index contributed by atoms with van der Waals surface area (Å²) < 4.78 is 31.3. The molecule has 1 aliphatic heterocycles. The smallest absolute Gasteiger partial charge is 0.410 e. The van der Waals surface area contributed by atoms with E-state index in [9.17, 15) is 14.0 Å². The van der Waals surface area contributed by atoms with Crippen molar-refractivity contribution in [1.82, 2.24) is 9.80 Å². The van der Waals surface area contributed by atoms with E-state index < -0.39 is 11.0 Å². The lowest BCUT2D eigenvalue weighted by Crippen LogP contribution is -2.49. The van der Waals surface area contributed by atoms with Gasteiger partial charge in [-0.3, -0.25) is 9.69 Å². The van der Waals surface area contributed by atoms with Gasteiger partial charge in [-0.2, -0.15) is 0 Å². The van der Waals surface area contributed by atoms with Crippen LogP contribution in [0.1, 0.15) is 46.1 Å². The molecule has 0 spiro atoms. The van der Waals surface area contributed by atoms with Crippen LogP contribution >= 0.6 is 15.9 Å². The van der Waals surface area contributed by atoms with Crippen LogP contribution in [0.2, 0.25) is 0 Å². The molecule has 1 aromatic carbocycles. The fraction of sp³-hybridized carbons (Fsp3) is 0.652. The van der Waals surface area contributed by atoms with Crippen LogP contribution < -0.4 is 4.74 Å². The van der Waals surface area contributed by atoms with Gasteiger partial charge in [-0.15, -0.1) is 0 Å². The van der Waals surface area contributed by atoms with Gasteiger partial charge in [0, 0.05) is 38.3 Å². The number of rotatable bonds is 7. The number of amides is 1. The van der Waals surface area contributed by atoms with Crippen molar-refractivity contribution in [3.05, 3.63) is 28.0 Å². The molecule has 1 aromatic rings. The Balaban J connectivity index is 1.62. The van der Waals surface area contributed by atoms with Gasteiger partial charge in [-0.25, -0.2) is 9.18 Å². The summed E-state index contributed by atoms with van der Waals surface area (Å²) in [6.45, 7) is 10.7. The van der Waals surface area contributed by atoms with Crippen LogP contribution in [0.5, 0.6) is 5.75 Å². The molecule has 0 atom stereocenters. The van der Waals surface area contributed by atoms with E-state index in [0.29, 0.717) is 55.1 Å².